The van der Waals surface area contributed by atoms with Crippen molar-refractivity contribution in [2.24, 2.45) is 0 Å². The first-order valence-electron chi connectivity index (χ1n) is 9.23. The van der Waals surface area contributed by atoms with Crippen LogP contribution in [0.1, 0.15) is 25.0 Å². The summed E-state index contributed by atoms with van der Waals surface area (Å²) < 4.78 is 1.98. The molecule has 0 fully saturated rings. The van der Waals surface area contributed by atoms with E-state index in [9.17, 15) is 5.11 Å². The molecule has 27 heavy (non-hydrogen) atoms. The number of nitrogens with zero attached hydrogens (tertiary/aromatic N) is 2. The van der Waals surface area contributed by atoms with E-state index in [2.05, 4.69) is 103 Å². The van der Waals surface area contributed by atoms with E-state index in [1.54, 1.807) is 13.8 Å². The molecule has 0 unspecified atom stereocenters. The molecule has 0 heterocycles. The zero-order chi connectivity index (χ0) is 20.2. The lowest BCUT2D eigenvalue weighted by atomic mass is 10.2. The predicted octanol–water partition coefficient (Wildman–Crippen LogP) is 3.36. The summed E-state index contributed by atoms with van der Waals surface area (Å²) in [7, 11) is 13.2. The van der Waals surface area contributed by atoms with Crippen molar-refractivity contribution in [3.05, 3.63) is 71.8 Å². The lowest BCUT2D eigenvalue weighted by Gasteiger charge is -2.23. The maximum atomic E-state index is 9.53. The molecule has 154 valence electrons. The molecule has 2 aromatic carbocycles. The van der Waals surface area contributed by atoms with E-state index >= 15 is 0 Å². The van der Waals surface area contributed by atoms with Gasteiger partial charge in [-0.25, -0.2) is 0 Å². The average molecular weight is 377 g/mol. The van der Waals surface area contributed by atoms with Gasteiger partial charge in [-0.3, -0.25) is 0 Å². The molecular weight excluding hydrogens is 336 g/mol. The van der Waals surface area contributed by atoms with Crippen molar-refractivity contribution in [2.45, 2.75) is 33.0 Å². The highest BCUT2D eigenvalue weighted by Crippen LogP contribution is 2.05. The molecule has 0 amide bonds. The topological polar surface area (TPSA) is 53.1 Å². The summed E-state index contributed by atoms with van der Waals surface area (Å²) in [5, 5.41) is 9.53. The first-order chi connectivity index (χ1) is 11.9. The van der Waals surface area contributed by atoms with Gasteiger partial charge in [0.15, 0.2) is 0 Å². The highest BCUT2D eigenvalue weighted by Gasteiger charge is 2.07. The summed E-state index contributed by atoms with van der Waals surface area (Å²) in [6, 6.07) is 21.1. The van der Waals surface area contributed by atoms with E-state index < -0.39 is 6.10 Å². The normalized spacial score (nSPS) is 10.7. The van der Waals surface area contributed by atoms with Gasteiger partial charge < -0.3 is 19.5 Å². The maximum Gasteiger partial charge on any atom is 0.104 e. The molecule has 0 aliphatic heterocycles. The number of hydrogen-bond donors (Lipinski definition) is 0. The van der Waals surface area contributed by atoms with Crippen LogP contribution in [0.25, 0.3) is 0 Å². The zero-order valence-corrected chi connectivity index (χ0v) is 18.5. The molecule has 0 atom stereocenters. The van der Waals surface area contributed by atoms with Crippen LogP contribution in [0.15, 0.2) is 60.7 Å². The number of benzene rings is 2. The Labute approximate surface area is 167 Å². The molecule has 0 aliphatic carbocycles. The van der Waals surface area contributed by atoms with Crippen molar-refractivity contribution in [3.63, 3.8) is 0 Å². The second-order valence-corrected chi connectivity index (χ2v) is 8.92. The van der Waals surface area contributed by atoms with Crippen LogP contribution in [0.3, 0.4) is 0 Å². The van der Waals surface area contributed by atoms with Crippen molar-refractivity contribution >= 4 is 0 Å². The Bertz CT molecular complexity index is 517. The van der Waals surface area contributed by atoms with Gasteiger partial charge >= 0.3 is 0 Å². The maximum absolute atomic E-state index is 9.53. The fraction of sp³-hybridized carbons (Fsp3) is 0.478. The Morgan fingerprint density at radius 1 is 0.630 bits per heavy atom. The summed E-state index contributed by atoms with van der Waals surface area (Å²) in [5.74, 6) is 0. The molecule has 0 radical (unpaired) electrons. The molecule has 0 aliphatic rings. The van der Waals surface area contributed by atoms with Gasteiger partial charge in [-0.2, -0.15) is 0 Å². The number of hydrogen-bond acceptors (Lipinski definition) is 2. The third-order valence-corrected chi connectivity index (χ3v) is 3.00. The lowest BCUT2D eigenvalue weighted by molar-refractivity contribution is -0.884. The Hall–Kier alpha value is -1.72. The van der Waals surface area contributed by atoms with Gasteiger partial charge in [-0.15, -0.1) is 6.10 Å². The Balaban J connectivity index is 0. The largest absolute Gasteiger partial charge is 0.870 e. The molecule has 2 aromatic rings. The van der Waals surface area contributed by atoms with Crippen molar-refractivity contribution in [1.29, 1.82) is 0 Å². The molecule has 0 spiro atoms. The third kappa shape index (κ3) is 20.4. The quantitative estimate of drug-likeness (QED) is 0.768. The second kappa shape index (κ2) is 13.4. The van der Waals surface area contributed by atoms with E-state index in [4.69, 9.17) is 0 Å². The van der Waals surface area contributed by atoms with Crippen LogP contribution >= 0.6 is 0 Å². The van der Waals surface area contributed by atoms with Gasteiger partial charge in [0.25, 0.3) is 0 Å². The van der Waals surface area contributed by atoms with Crippen LogP contribution in [0.5, 0.6) is 0 Å². The van der Waals surface area contributed by atoms with Crippen LogP contribution in [0.2, 0.25) is 0 Å². The van der Waals surface area contributed by atoms with Crippen molar-refractivity contribution in [1.82, 2.24) is 0 Å². The molecular formula is C23H40N2O2. The minimum Gasteiger partial charge on any atom is -0.870 e. The van der Waals surface area contributed by atoms with Crippen LogP contribution in [-0.4, -0.2) is 62.8 Å². The summed E-state index contributed by atoms with van der Waals surface area (Å²) in [4.78, 5) is 0. The van der Waals surface area contributed by atoms with E-state index in [1.165, 1.54) is 11.1 Å². The van der Waals surface area contributed by atoms with Crippen LogP contribution in [0, 0.1) is 0 Å². The molecule has 1 N–H and O–H groups in total. The van der Waals surface area contributed by atoms with Crippen molar-refractivity contribution in [3.8, 4) is 0 Å². The average Bonchev–Trinajstić information content (AvgIpc) is 2.46. The standard InChI is InChI=1S/2C10H16N.C3H7O.H2O/c2*1-11(2,3)9-10-7-5-4-6-8-10;1-3(2)4;/h2*4-8H,9H2,1-3H3;3H,1-2H3;1H2/q2*+1;-1;/p-1. The Morgan fingerprint density at radius 2 is 0.852 bits per heavy atom. The molecule has 0 aromatic heterocycles. The summed E-state index contributed by atoms with van der Waals surface area (Å²) in [6.45, 7) is 5.42. The van der Waals surface area contributed by atoms with Gasteiger partial charge in [0.1, 0.15) is 13.1 Å². The number of quaternary nitrogens is 2. The Kier molecular flexibility index (Phi) is 13.7. The fourth-order valence-corrected chi connectivity index (χ4v) is 2.26. The molecule has 0 saturated heterocycles. The molecule has 0 saturated carbocycles. The van der Waals surface area contributed by atoms with E-state index in [0.29, 0.717) is 0 Å². The third-order valence-electron chi connectivity index (χ3n) is 3.00. The predicted molar refractivity (Wildman–Crippen MR) is 113 cm³/mol. The summed E-state index contributed by atoms with van der Waals surface area (Å²) in [6.07, 6.45) is -0.417. The van der Waals surface area contributed by atoms with Crippen LogP contribution < -0.4 is 5.11 Å². The monoisotopic (exact) mass is 376 g/mol. The van der Waals surface area contributed by atoms with Crippen molar-refractivity contribution in [2.75, 3.05) is 42.3 Å². The zero-order valence-electron chi connectivity index (χ0n) is 18.5. The number of rotatable bonds is 4. The minimum absolute atomic E-state index is 0. The molecule has 2 rings (SSSR count). The smallest absolute Gasteiger partial charge is 0.104 e. The summed E-state index contributed by atoms with van der Waals surface area (Å²) >= 11 is 0. The van der Waals surface area contributed by atoms with E-state index in [1.807, 2.05) is 0 Å². The lowest BCUT2D eigenvalue weighted by Crippen LogP contribution is -2.33. The highest BCUT2D eigenvalue weighted by atomic mass is 16.3. The van der Waals surface area contributed by atoms with Gasteiger partial charge in [0.05, 0.1) is 42.3 Å². The molecule has 0 bridgehead atoms. The minimum atomic E-state index is -0.417. The van der Waals surface area contributed by atoms with Crippen LogP contribution in [-0.2, 0) is 13.1 Å². The highest BCUT2D eigenvalue weighted by molar-refractivity contribution is 5.13. The van der Waals surface area contributed by atoms with E-state index in [-0.39, 0.29) is 5.48 Å². The van der Waals surface area contributed by atoms with Gasteiger partial charge in [-0.05, 0) is 0 Å². The van der Waals surface area contributed by atoms with Gasteiger partial charge in [-0.1, -0.05) is 74.5 Å². The first-order valence-corrected chi connectivity index (χ1v) is 9.23. The van der Waals surface area contributed by atoms with Gasteiger partial charge in [0, 0.05) is 11.1 Å². The van der Waals surface area contributed by atoms with E-state index in [0.717, 1.165) is 22.1 Å². The first kappa shape index (κ1) is 27.5. The van der Waals surface area contributed by atoms with Crippen molar-refractivity contribution < 1.29 is 19.5 Å². The Morgan fingerprint density at radius 3 is 1.04 bits per heavy atom. The second-order valence-electron chi connectivity index (χ2n) is 8.92. The fourth-order valence-electron chi connectivity index (χ4n) is 2.26. The molecule has 4 nitrogen and oxygen atoms in total. The van der Waals surface area contributed by atoms with Gasteiger partial charge in [0.2, 0.25) is 0 Å². The molecule has 4 heteroatoms. The van der Waals surface area contributed by atoms with Crippen LogP contribution in [0.4, 0.5) is 0 Å². The SMILES string of the molecule is CC(C)[O-].C[N+](C)(C)Cc1ccccc1.C[N+](C)(C)Cc1ccccc1.[OH-]. The summed E-state index contributed by atoms with van der Waals surface area (Å²) in [5.41, 5.74) is 2.81.